The largest absolute Gasteiger partial charge is 0.395 e. The molecule has 1 N–H and O–H groups in total. The SMILES string of the molecule is CC(C)(C(=O)N(CCO)C1CCCC1)S(C)(=O)=O. The number of hydrogen-bond acceptors (Lipinski definition) is 4. The van der Waals surface area contributed by atoms with Crippen molar-refractivity contribution in [3.05, 3.63) is 0 Å². The highest BCUT2D eigenvalue weighted by molar-refractivity contribution is 7.92. The van der Waals surface area contributed by atoms with Crippen LogP contribution in [0.25, 0.3) is 0 Å². The lowest BCUT2D eigenvalue weighted by Gasteiger charge is -2.34. The third-order valence-corrected chi connectivity index (χ3v) is 5.84. The molecule has 0 unspecified atom stereocenters. The molecular weight excluding hydrogens is 254 g/mol. The van der Waals surface area contributed by atoms with E-state index >= 15 is 0 Å². The Labute approximate surface area is 109 Å². The first-order valence-corrected chi connectivity index (χ1v) is 8.22. The zero-order valence-electron chi connectivity index (χ0n) is 11.3. The molecule has 0 radical (unpaired) electrons. The summed E-state index contributed by atoms with van der Waals surface area (Å²) in [5, 5.41) is 9.07. The van der Waals surface area contributed by atoms with Gasteiger partial charge in [0.25, 0.3) is 0 Å². The second-order valence-electron chi connectivity index (χ2n) is 5.44. The Morgan fingerprint density at radius 3 is 2.22 bits per heavy atom. The second-order valence-corrected chi connectivity index (χ2v) is 8.01. The third kappa shape index (κ3) is 3.03. The molecular formula is C12H23NO4S. The van der Waals surface area contributed by atoms with Gasteiger partial charge in [0.1, 0.15) is 4.75 Å². The van der Waals surface area contributed by atoms with Crippen molar-refractivity contribution >= 4 is 15.7 Å². The number of carbonyl (C=O) groups is 1. The second kappa shape index (κ2) is 5.57. The van der Waals surface area contributed by atoms with E-state index in [2.05, 4.69) is 0 Å². The van der Waals surface area contributed by atoms with Crippen LogP contribution in [-0.4, -0.2) is 54.5 Å². The zero-order chi connectivity index (χ0) is 14.0. The molecule has 18 heavy (non-hydrogen) atoms. The smallest absolute Gasteiger partial charge is 0.243 e. The molecule has 0 aromatic rings. The van der Waals surface area contributed by atoms with Gasteiger partial charge in [-0.05, 0) is 26.7 Å². The monoisotopic (exact) mass is 277 g/mol. The molecule has 1 amide bonds. The van der Waals surface area contributed by atoms with Gasteiger partial charge in [0.15, 0.2) is 9.84 Å². The van der Waals surface area contributed by atoms with E-state index < -0.39 is 20.5 Å². The number of hydrogen-bond donors (Lipinski definition) is 1. The highest BCUT2D eigenvalue weighted by Gasteiger charge is 2.43. The third-order valence-electron chi connectivity index (χ3n) is 3.81. The molecule has 0 aliphatic heterocycles. The molecule has 0 spiro atoms. The van der Waals surface area contributed by atoms with Gasteiger partial charge in [-0.3, -0.25) is 4.79 Å². The lowest BCUT2D eigenvalue weighted by molar-refractivity contribution is -0.136. The van der Waals surface area contributed by atoms with E-state index in [9.17, 15) is 13.2 Å². The Morgan fingerprint density at radius 1 is 1.33 bits per heavy atom. The van der Waals surface area contributed by atoms with Gasteiger partial charge >= 0.3 is 0 Å². The summed E-state index contributed by atoms with van der Waals surface area (Å²) >= 11 is 0. The first-order chi connectivity index (χ1) is 8.21. The molecule has 0 atom stereocenters. The fourth-order valence-electron chi connectivity index (χ4n) is 2.28. The lowest BCUT2D eigenvalue weighted by atomic mass is 10.1. The van der Waals surface area contributed by atoms with E-state index in [1.165, 1.54) is 13.8 Å². The van der Waals surface area contributed by atoms with Gasteiger partial charge < -0.3 is 10.0 Å². The minimum absolute atomic E-state index is 0.0747. The first-order valence-electron chi connectivity index (χ1n) is 6.33. The molecule has 6 heteroatoms. The van der Waals surface area contributed by atoms with Crippen LogP contribution in [0.5, 0.6) is 0 Å². The zero-order valence-corrected chi connectivity index (χ0v) is 12.2. The van der Waals surface area contributed by atoms with Crippen LogP contribution in [0.1, 0.15) is 39.5 Å². The molecule has 106 valence electrons. The number of aliphatic hydroxyl groups is 1. The maximum atomic E-state index is 12.4. The number of sulfone groups is 1. The van der Waals surface area contributed by atoms with Crippen molar-refractivity contribution in [2.45, 2.75) is 50.3 Å². The average molecular weight is 277 g/mol. The Balaban J connectivity index is 2.95. The summed E-state index contributed by atoms with van der Waals surface area (Å²) in [6.45, 7) is 2.94. The highest BCUT2D eigenvalue weighted by Crippen LogP contribution is 2.27. The summed E-state index contributed by atoms with van der Waals surface area (Å²) in [6.07, 6.45) is 4.98. The molecule has 0 aromatic carbocycles. The van der Waals surface area contributed by atoms with Gasteiger partial charge in [0.2, 0.25) is 5.91 Å². The quantitative estimate of drug-likeness (QED) is 0.797. The standard InChI is InChI=1S/C12H23NO4S/c1-12(2,18(3,16)17)11(15)13(8-9-14)10-6-4-5-7-10/h10,14H,4-9H2,1-3H3. The summed E-state index contributed by atoms with van der Waals surface area (Å²) in [4.78, 5) is 14.0. The first kappa shape index (κ1) is 15.4. The van der Waals surface area contributed by atoms with Crippen LogP contribution in [0.2, 0.25) is 0 Å². The molecule has 0 aromatic heterocycles. The highest BCUT2D eigenvalue weighted by atomic mass is 32.2. The fourth-order valence-corrected chi connectivity index (χ4v) is 2.71. The summed E-state index contributed by atoms with van der Waals surface area (Å²) < 4.78 is 22.0. The summed E-state index contributed by atoms with van der Waals surface area (Å²) in [5.41, 5.74) is 0. The Bertz CT molecular complexity index is 396. The van der Waals surface area contributed by atoms with E-state index in [0.717, 1.165) is 31.9 Å². The molecule has 0 bridgehead atoms. The maximum Gasteiger partial charge on any atom is 0.243 e. The van der Waals surface area contributed by atoms with Crippen LogP contribution >= 0.6 is 0 Å². The predicted molar refractivity (Wildman–Crippen MR) is 70.0 cm³/mol. The van der Waals surface area contributed by atoms with E-state index in [-0.39, 0.29) is 19.2 Å². The van der Waals surface area contributed by atoms with Crippen LogP contribution < -0.4 is 0 Å². The van der Waals surface area contributed by atoms with Gasteiger partial charge in [-0.15, -0.1) is 0 Å². The van der Waals surface area contributed by atoms with Crippen LogP contribution in [-0.2, 0) is 14.6 Å². The molecule has 1 saturated carbocycles. The average Bonchev–Trinajstić information content (AvgIpc) is 2.76. The molecule has 1 aliphatic rings. The van der Waals surface area contributed by atoms with Crippen LogP contribution in [0, 0.1) is 0 Å². The predicted octanol–water partition coefficient (Wildman–Crippen LogP) is 0.573. The Morgan fingerprint density at radius 2 is 1.83 bits per heavy atom. The maximum absolute atomic E-state index is 12.4. The Kier molecular flexibility index (Phi) is 4.78. The van der Waals surface area contributed by atoms with E-state index in [4.69, 9.17) is 5.11 Å². The van der Waals surface area contributed by atoms with E-state index in [1.807, 2.05) is 0 Å². The minimum Gasteiger partial charge on any atom is -0.395 e. The molecule has 5 nitrogen and oxygen atoms in total. The Hall–Kier alpha value is -0.620. The minimum atomic E-state index is -3.47. The summed E-state index contributed by atoms with van der Waals surface area (Å²) in [7, 11) is -3.47. The topological polar surface area (TPSA) is 74.7 Å². The number of amides is 1. The van der Waals surface area contributed by atoms with Gasteiger partial charge in [0.05, 0.1) is 6.61 Å². The van der Waals surface area contributed by atoms with Crippen molar-refractivity contribution in [2.75, 3.05) is 19.4 Å². The van der Waals surface area contributed by atoms with Crippen molar-refractivity contribution in [1.82, 2.24) is 4.90 Å². The van der Waals surface area contributed by atoms with Crippen LogP contribution in [0.15, 0.2) is 0 Å². The van der Waals surface area contributed by atoms with Gasteiger partial charge in [-0.1, -0.05) is 12.8 Å². The van der Waals surface area contributed by atoms with Crippen molar-refractivity contribution in [1.29, 1.82) is 0 Å². The van der Waals surface area contributed by atoms with Gasteiger partial charge in [0, 0.05) is 18.8 Å². The van der Waals surface area contributed by atoms with Crippen LogP contribution in [0.4, 0.5) is 0 Å². The van der Waals surface area contributed by atoms with Gasteiger partial charge in [-0.25, -0.2) is 8.42 Å². The van der Waals surface area contributed by atoms with E-state index in [0.29, 0.717) is 0 Å². The fraction of sp³-hybridized carbons (Fsp3) is 0.917. The van der Waals surface area contributed by atoms with Gasteiger partial charge in [-0.2, -0.15) is 0 Å². The van der Waals surface area contributed by atoms with Crippen molar-refractivity contribution < 1.29 is 18.3 Å². The number of carbonyl (C=O) groups excluding carboxylic acids is 1. The van der Waals surface area contributed by atoms with Crippen molar-refractivity contribution in [3.63, 3.8) is 0 Å². The molecule has 1 aliphatic carbocycles. The van der Waals surface area contributed by atoms with Crippen molar-refractivity contribution in [3.8, 4) is 0 Å². The summed E-state index contributed by atoms with van der Waals surface area (Å²) in [5.74, 6) is -0.397. The molecule has 0 heterocycles. The van der Waals surface area contributed by atoms with E-state index in [1.54, 1.807) is 4.90 Å². The molecule has 1 fully saturated rings. The van der Waals surface area contributed by atoms with Crippen molar-refractivity contribution in [2.24, 2.45) is 0 Å². The summed E-state index contributed by atoms with van der Waals surface area (Å²) in [6, 6.07) is 0.0747. The number of aliphatic hydroxyl groups excluding tert-OH is 1. The normalized spacial score (nSPS) is 18.0. The number of rotatable bonds is 5. The van der Waals surface area contributed by atoms with Crippen LogP contribution in [0.3, 0.4) is 0 Å². The lowest BCUT2D eigenvalue weighted by Crippen LogP contribution is -2.53. The molecule has 1 rings (SSSR count). The molecule has 0 saturated heterocycles. The number of nitrogens with zero attached hydrogens (tertiary/aromatic N) is 1.